The molecule has 0 bridgehead atoms. The van der Waals surface area contributed by atoms with E-state index in [1.165, 1.54) is 0 Å². The fraction of sp³-hybridized carbons (Fsp3) is 0.333. The molecule has 2 aromatic carbocycles. The lowest BCUT2D eigenvalue weighted by Crippen LogP contribution is -2.27. The molecule has 0 saturated carbocycles. The number of nitrogens with one attached hydrogen (secondary N) is 2. The summed E-state index contributed by atoms with van der Waals surface area (Å²) in [6.07, 6.45) is 1.08. The maximum Gasteiger partial charge on any atom is 0.208 e. The first-order valence-electron chi connectivity index (χ1n) is 8.20. The van der Waals surface area contributed by atoms with E-state index in [9.17, 15) is 8.42 Å². The third kappa shape index (κ3) is 3.39. The van der Waals surface area contributed by atoms with Crippen molar-refractivity contribution in [3.05, 3.63) is 48.5 Å². The Bertz CT molecular complexity index is 783. The number of hydrogen-bond donors (Lipinski definition) is 2. The van der Waals surface area contributed by atoms with E-state index in [0.29, 0.717) is 15.5 Å². The SMILES string of the molecule is CNc1cc(N2CCCNCC2)ccc1S(=O)(=O)c1ccccc1. The van der Waals surface area contributed by atoms with E-state index in [0.717, 1.165) is 38.3 Å². The Balaban J connectivity index is 1.98. The highest BCUT2D eigenvalue weighted by molar-refractivity contribution is 7.91. The van der Waals surface area contributed by atoms with Gasteiger partial charge in [0.05, 0.1) is 15.5 Å². The van der Waals surface area contributed by atoms with Gasteiger partial charge in [-0.25, -0.2) is 8.42 Å². The van der Waals surface area contributed by atoms with Crippen LogP contribution in [0.4, 0.5) is 11.4 Å². The normalized spacial score (nSPS) is 15.8. The van der Waals surface area contributed by atoms with Crippen molar-refractivity contribution < 1.29 is 8.42 Å². The zero-order valence-electron chi connectivity index (χ0n) is 13.8. The molecule has 2 aromatic rings. The lowest BCUT2D eigenvalue weighted by atomic mass is 10.2. The van der Waals surface area contributed by atoms with Gasteiger partial charge in [0.25, 0.3) is 0 Å². The van der Waals surface area contributed by atoms with Crippen molar-refractivity contribution in [1.82, 2.24) is 5.32 Å². The highest BCUT2D eigenvalue weighted by atomic mass is 32.2. The molecule has 6 heteroatoms. The summed E-state index contributed by atoms with van der Waals surface area (Å²) < 4.78 is 25.8. The summed E-state index contributed by atoms with van der Waals surface area (Å²) in [5.74, 6) is 0. The van der Waals surface area contributed by atoms with Gasteiger partial charge in [0.1, 0.15) is 0 Å². The molecule has 1 fully saturated rings. The maximum atomic E-state index is 12.9. The third-order valence-electron chi connectivity index (χ3n) is 4.28. The van der Waals surface area contributed by atoms with E-state index < -0.39 is 9.84 Å². The zero-order valence-corrected chi connectivity index (χ0v) is 14.6. The molecule has 1 heterocycles. The van der Waals surface area contributed by atoms with Crippen molar-refractivity contribution in [3.8, 4) is 0 Å². The van der Waals surface area contributed by atoms with Gasteiger partial charge in [0, 0.05) is 32.4 Å². The molecule has 1 aliphatic heterocycles. The predicted octanol–water partition coefficient (Wildman–Crippen LogP) is 2.36. The van der Waals surface area contributed by atoms with E-state index >= 15 is 0 Å². The first kappa shape index (κ1) is 16.8. The van der Waals surface area contributed by atoms with E-state index in [4.69, 9.17) is 0 Å². The summed E-state index contributed by atoms with van der Waals surface area (Å²) in [6, 6.07) is 14.1. The van der Waals surface area contributed by atoms with Crippen LogP contribution in [-0.4, -0.2) is 41.6 Å². The van der Waals surface area contributed by atoms with E-state index in [1.807, 2.05) is 18.2 Å². The van der Waals surface area contributed by atoms with Gasteiger partial charge in [0.2, 0.25) is 9.84 Å². The number of sulfone groups is 1. The van der Waals surface area contributed by atoms with Crippen LogP contribution in [0.5, 0.6) is 0 Å². The van der Waals surface area contributed by atoms with Crippen LogP contribution in [-0.2, 0) is 9.84 Å². The Kier molecular flexibility index (Phi) is 5.06. The van der Waals surface area contributed by atoms with E-state index in [2.05, 4.69) is 15.5 Å². The molecule has 128 valence electrons. The number of rotatable bonds is 4. The second-order valence-electron chi connectivity index (χ2n) is 5.84. The largest absolute Gasteiger partial charge is 0.387 e. The van der Waals surface area contributed by atoms with Crippen molar-refractivity contribution in [2.24, 2.45) is 0 Å². The summed E-state index contributed by atoms with van der Waals surface area (Å²) in [6.45, 7) is 3.86. The molecule has 2 N–H and O–H groups in total. The molecule has 0 aliphatic carbocycles. The van der Waals surface area contributed by atoms with Gasteiger partial charge in [-0.05, 0) is 43.3 Å². The summed E-state index contributed by atoms with van der Waals surface area (Å²) in [7, 11) is -1.77. The average Bonchev–Trinajstić information content (AvgIpc) is 2.91. The van der Waals surface area contributed by atoms with Gasteiger partial charge in [-0.2, -0.15) is 0 Å². The average molecular weight is 345 g/mol. The summed E-state index contributed by atoms with van der Waals surface area (Å²) >= 11 is 0. The summed E-state index contributed by atoms with van der Waals surface area (Å²) in [5, 5.41) is 6.42. The van der Waals surface area contributed by atoms with Crippen LogP contribution in [0.1, 0.15) is 6.42 Å². The number of nitrogens with zero attached hydrogens (tertiary/aromatic N) is 1. The molecule has 3 rings (SSSR count). The minimum atomic E-state index is -3.53. The van der Waals surface area contributed by atoms with Crippen LogP contribution >= 0.6 is 0 Å². The molecule has 24 heavy (non-hydrogen) atoms. The quantitative estimate of drug-likeness (QED) is 0.891. The van der Waals surface area contributed by atoms with E-state index in [1.54, 1.807) is 37.4 Å². The molecule has 0 unspecified atom stereocenters. The van der Waals surface area contributed by atoms with Crippen LogP contribution in [0.2, 0.25) is 0 Å². The minimum Gasteiger partial charge on any atom is -0.387 e. The molecule has 0 atom stereocenters. The highest BCUT2D eigenvalue weighted by Crippen LogP contribution is 2.31. The van der Waals surface area contributed by atoms with Crippen LogP contribution in [0.3, 0.4) is 0 Å². The molecule has 0 spiro atoms. The molecular formula is C18H23N3O2S. The Morgan fingerprint density at radius 3 is 2.58 bits per heavy atom. The lowest BCUT2D eigenvalue weighted by Gasteiger charge is -2.23. The fourth-order valence-electron chi connectivity index (χ4n) is 2.97. The minimum absolute atomic E-state index is 0.313. The Hall–Kier alpha value is -2.05. The number of anilines is 2. The standard InChI is InChI=1S/C18H23N3O2S/c1-19-17-14-15(21-12-5-10-20-11-13-21)8-9-18(17)24(22,23)16-6-3-2-4-7-16/h2-4,6-9,14,19-20H,5,10-13H2,1H3. The van der Waals surface area contributed by atoms with Crippen molar-refractivity contribution in [3.63, 3.8) is 0 Å². The molecule has 5 nitrogen and oxygen atoms in total. The monoisotopic (exact) mass is 345 g/mol. The fourth-order valence-corrected chi connectivity index (χ4v) is 4.44. The second kappa shape index (κ2) is 7.23. The molecule has 0 aromatic heterocycles. The van der Waals surface area contributed by atoms with Gasteiger partial charge >= 0.3 is 0 Å². The second-order valence-corrected chi connectivity index (χ2v) is 7.76. The Labute approximate surface area is 143 Å². The maximum absolute atomic E-state index is 12.9. The molecule has 0 amide bonds. The van der Waals surface area contributed by atoms with Crippen LogP contribution < -0.4 is 15.5 Å². The van der Waals surface area contributed by atoms with Crippen molar-refractivity contribution in [2.45, 2.75) is 16.2 Å². The van der Waals surface area contributed by atoms with Gasteiger partial charge in [-0.15, -0.1) is 0 Å². The Morgan fingerprint density at radius 2 is 1.83 bits per heavy atom. The Morgan fingerprint density at radius 1 is 1.04 bits per heavy atom. The molecular weight excluding hydrogens is 322 g/mol. The molecule has 0 radical (unpaired) electrons. The van der Waals surface area contributed by atoms with Crippen molar-refractivity contribution in [2.75, 3.05) is 43.4 Å². The van der Waals surface area contributed by atoms with Crippen molar-refractivity contribution in [1.29, 1.82) is 0 Å². The van der Waals surface area contributed by atoms with Crippen LogP contribution in [0.25, 0.3) is 0 Å². The van der Waals surface area contributed by atoms with Gasteiger partial charge in [-0.1, -0.05) is 18.2 Å². The summed E-state index contributed by atoms with van der Waals surface area (Å²) in [5.41, 5.74) is 1.68. The van der Waals surface area contributed by atoms with Crippen LogP contribution in [0.15, 0.2) is 58.3 Å². The summed E-state index contributed by atoms with van der Waals surface area (Å²) in [4.78, 5) is 2.92. The topological polar surface area (TPSA) is 61.4 Å². The molecule has 1 aliphatic rings. The van der Waals surface area contributed by atoms with Crippen molar-refractivity contribution >= 4 is 21.2 Å². The smallest absolute Gasteiger partial charge is 0.208 e. The van der Waals surface area contributed by atoms with Gasteiger partial charge in [0.15, 0.2) is 0 Å². The first-order chi connectivity index (χ1) is 11.6. The number of benzene rings is 2. The first-order valence-corrected chi connectivity index (χ1v) is 9.69. The van der Waals surface area contributed by atoms with E-state index in [-0.39, 0.29) is 0 Å². The highest BCUT2D eigenvalue weighted by Gasteiger charge is 2.22. The zero-order chi connectivity index (χ0) is 17.0. The van der Waals surface area contributed by atoms with Gasteiger partial charge < -0.3 is 15.5 Å². The van der Waals surface area contributed by atoms with Gasteiger partial charge in [-0.3, -0.25) is 0 Å². The lowest BCUT2D eigenvalue weighted by molar-refractivity contribution is 0.596. The number of hydrogen-bond acceptors (Lipinski definition) is 5. The predicted molar refractivity (Wildman–Crippen MR) is 97.6 cm³/mol. The molecule has 1 saturated heterocycles. The van der Waals surface area contributed by atoms with Crippen LogP contribution in [0, 0.1) is 0 Å². The third-order valence-corrected chi connectivity index (χ3v) is 6.11.